The zero-order valence-corrected chi connectivity index (χ0v) is 15.1. The molecule has 0 saturated heterocycles. The van der Waals surface area contributed by atoms with E-state index in [4.69, 9.17) is 0 Å². The van der Waals surface area contributed by atoms with Crippen molar-refractivity contribution in [3.63, 3.8) is 0 Å². The van der Waals surface area contributed by atoms with Crippen molar-refractivity contribution in [2.45, 2.75) is 85.0 Å². The Morgan fingerprint density at radius 2 is 1.41 bits per heavy atom. The van der Waals surface area contributed by atoms with Gasteiger partial charge in [0, 0.05) is 0 Å². The molecule has 0 aromatic heterocycles. The fourth-order valence-corrected chi connectivity index (χ4v) is 3.57. The van der Waals surface area contributed by atoms with Crippen molar-refractivity contribution >= 4 is 0 Å². The highest BCUT2D eigenvalue weighted by atomic mass is 19.1. The Balaban J connectivity index is 2.82. The molecule has 1 heteroatoms. The largest absolute Gasteiger partial charge is 0.251 e. The van der Waals surface area contributed by atoms with Crippen LogP contribution in [0.4, 0.5) is 4.39 Å². The van der Waals surface area contributed by atoms with Crippen LogP contribution in [-0.2, 0) is 0 Å². The highest BCUT2D eigenvalue weighted by Crippen LogP contribution is 2.33. The maximum Gasteiger partial charge on any atom is 0.0900 e. The number of alkyl halides is 1. The Bertz CT molecular complexity index is 382. The number of hydrogen-bond acceptors (Lipinski definition) is 0. The monoisotopic (exact) mass is 306 g/mol. The molecule has 0 heterocycles. The van der Waals surface area contributed by atoms with Gasteiger partial charge in [-0.2, -0.15) is 0 Å². The van der Waals surface area contributed by atoms with Crippen LogP contribution in [0.3, 0.4) is 0 Å². The number of rotatable bonds is 11. The molecule has 0 aliphatic heterocycles. The van der Waals surface area contributed by atoms with Crippen molar-refractivity contribution in [1.29, 1.82) is 0 Å². The van der Waals surface area contributed by atoms with Crippen molar-refractivity contribution in [3.05, 3.63) is 34.9 Å². The fraction of sp³-hybridized carbons (Fsp3) is 0.714. The number of benzene rings is 1. The van der Waals surface area contributed by atoms with Crippen LogP contribution in [0.1, 0.15) is 87.8 Å². The summed E-state index contributed by atoms with van der Waals surface area (Å²) in [7, 11) is 0. The molecule has 22 heavy (non-hydrogen) atoms. The van der Waals surface area contributed by atoms with E-state index in [2.05, 4.69) is 45.9 Å². The molecular weight excluding hydrogens is 271 g/mol. The zero-order chi connectivity index (χ0) is 16.4. The average Bonchev–Trinajstić information content (AvgIpc) is 2.48. The number of aryl methyl sites for hydroxylation is 2. The molecule has 0 nitrogen and oxygen atoms in total. The molecule has 0 fully saturated rings. The van der Waals surface area contributed by atoms with Gasteiger partial charge in [-0.05, 0) is 44.1 Å². The molecule has 0 aliphatic carbocycles. The molecule has 1 atom stereocenters. The Kier molecular flexibility index (Phi) is 9.43. The van der Waals surface area contributed by atoms with E-state index in [1.165, 1.54) is 55.2 Å². The van der Waals surface area contributed by atoms with E-state index in [1.54, 1.807) is 0 Å². The predicted octanol–water partition coefficient (Wildman–Crippen LogP) is 7.13. The van der Waals surface area contributed by atoms with Gasteiger partial charge in [-0.15, -0.1) is 0 Å². The van der Waals surface area contributed by atoms with Gasteiger partial charge in [0.15, 0.2) is 0 Å². The van der Waals surface area contributed by atoms with Crippen LogP contribution < -0.4 is 0 Å². The van der Waals surface area contributed by atoms with Gasteiger partial charge in [-0.1, -0.05) is 81.7 Å². The second-order valence-electron chi connectivity index (χ2n) is 6.98. The van der Waals surface area contributed by atoms with E-state index in [0.717, 1.165) is 12.3 Å². The summed E-state index contributed by atoms with van der Waals surface area (Å²) in [5, 5.41) is 0. The number of hydrogen-bond donors (Lipinski definition) is 0. The normalized spacial score (nSPS) is 12.8. The summed E-state index contributed by atoms with van der Waals surface area (Å²) < 4.78 is 13.1. The molecule has 0 spiro atoms. The summed E-state index contributed by atoms with van der Waals surface area (Å²) in [5.41, 5.74) is 3.96. The van der Waals surface area contributed by atoms with Crippen LogP contribution in [0, 0.1) is 19.8 Å². The lowest BCUT2D eigenvalue weighted by atomic mass is 9.81. The van der Waals surface area contributed by atoms with Crippen molar-refractivity contribution in [3.8, 4) is 0 Å². The van der Waals surface area contributed by atoms with Crippen LogP contribution >= 0.6 is 0 Å². The molecule has 0 amide bonds. The van der Waals surface area contributed by atoms with Gasteiger partial charge in [-0.25, -0.2) is 0 Å². The molecule has 126 valence electrons. The molecule has 0 aliphatic rings. The highest BCUT2D eigenvalue weighted by Gasteiger charge is 2.18. The summed E-state index contributed by atoms with van der Waals surface area (Å²) >= 11 is 0. The third-order valence-electron chi connectivity index (χ3n) is 4.72. The van der Waals surface area contributed by atoms with Gasteiger partial charge < -0.3 is 0 Å². The van der Waals surface area contributed by atoms with Gasteiger partial charge in [0.05, 0.1) is 6.67 Å². The smallest absolute Gasteiger partial charge is 0.0900 e. The topological polar surface area (TPSA) is 0 Å². The third kappa shape index (κ3) is 6.94. The van der Waals surface area contributed by atoms with Gasteiger partial charge in [-0.3, -0.25) is 4.39 Å². The lowest BCUT2D eigenvalue weighted by Crippen LogP contribution is -2.10. The molecule has 0 radical (unpaired) electrons. The summed E-state index contributed by atoms with van der Waals surface area (Å²) in [4.78, 5) is 0. The van der Waals surface area contributed by atoms with E-state index in [0.29, 0.717) is 12.3 Å². The third-order valence-corrected chi connectivity index (χ3v) is 4.72. The second kappa shape index (κ2) is 10.8. The summed E-state index contributed by atoms with van der Waals surface area (Å²) in [6.07, 6.45) is 9.60. The molecular formula is C21H35F. The van der Waals surface area contributed by atoms with Crippen LogP contribution in [0.2, 0.25) is 0 Å². The summed E-state index contributed by atoms with van der Waals surface area (Å²) in [6, 6.07) is 6.75. The van der Waals surface area contributed by atoms with Crippen molar-refractivity contribution in [1.82, 2.24) is 0 Å². The standard InChI is InChI=1S/C21H35F/c1-5-7-9-19(10-8-6-2)16-20(11-12-22)21-14-17(3)13-18(4)15-21/h13-15,19-20H,5-12,16H2,1-4H3. The summed E-state index contributed by atoms with van der Waals surface area (Å²) in [6.45, 7) is 8.62. The van der Waals surface area contributed by atoms with E-state index in [9.17, 15) is 4.39 Å². The molecule has 0 N–H and O–H groups in total. The number of halogens is 1. The van der Waals surface area contributed by atoms with Crippen molar-refractivity contribution in [2.24, 2.45) is 5.92 Å². The Hall–Kier alpha value is -0.850. The first kappa shape index (κ1) is 19.2. The van der Waals surface area contributed by atoms with Crippen LogP contribution in [0.5, 0.6) is 0 Å². The van der Waals surface area contributed by atoms with Gasteiger partial charge in [0.2, 0.25) is 0 Å². The first-order valence-electron chi connectivity index (χ1n) is 9.24. The van der Waals surface area contributed by atoms with Gasteiger partial charge in [0.1, 0.15) is 0 Å². The molecule has 1 rings (SSSR count). The van der Waals surface area contributed by atoms with E-state index >= 15 is 0 Å². The predicted molar refractivity (Wildman–Crippen MR) is 96.4 cm³/mol. The average molecular weight is 307 g/mol. The minimum absolute atomic E-state index is 0.202. The lowest BCUT2D eigenvalue weighted by Gasteiger charge is -2.24. The van der Waals surface area contributed by atoms with Crippen LogP contribution in [0.15, 0.2) is 18.2 Å². The molecule has 1 aromatic carbocycles. The summed E-state index contributed by atoms with van der Waals surface area (Å²) in [5.74, 6) is 1.15. The Morgan fingerprint density at radius 3 is 1.86 bits per heavy atom. The minimum Gasteiger partial charge on any atom is -0.251 e. The van der Waals surface area contributed by atoms with Crippen molar-refractivity contribution in [2.75, 3.05) is 6.67 Å². The van der Waals surface area contributed by atoms with E-state index in [1.807, 2.05) is 0 Å². The maximum atomic E-state index is 13.1. The SMILES string of the molecule is CCCCC(CCCC)CC(CCF)c1cc(C)cc(C)c1. The second-order valence-corrected chi connectivity index (χ2v) is 6.98. The van der Waals surface area contributed by atoms with E-state index in [-0.39, 0.29) is 6.67 Å². The van der Waals surface area contributed by atoms with Crippen LogP contribution in [0.25, 0.3) is 0 Å². The quantitative estimate of drug-likeness (QED) is 0.408. The lowest BCUT2D eigenvalue weighted by molar-refractivity contribution is 0.336. The van der Waals surface area contributed by atoms with Crippen LogP contribution in [-0.4, -0.2) is 6.67 Å². The van der Waals surface area contributed by atoms with Gasteiger partial charge >= 0.3 is 0 Å². The zero-order valence-electron chi connectivity index (χ0n) is 15.1. The molecule has 0 saturated carbocycles. The molecule has 1 unspecified atom stereocenters. The van der Waals surface area contributed by atoms with Crippen molar-refractivity contribution < 1.29 is 4.39 Å². The first-order chi connectivity index (χ1) is 10.6. The van der Waals surface area contributed by atoms with E-state index < -0.39 is 0 Å². The number of unbranched alkanes of at least 4 members (excludes halogenated alkanes) is 2. The minimum atomic E-state index is -0.202. The Labute approximate surface area is 137 Å². The molecule has 1 aromatic rings. The fourth-order valence-electron chi connectivity index (χ4n) is 3.57. The maximum absolute atomic E-state index is 13.1. The van der Waals surface area contributed by atoms with Gasteiger partial charge in [0.25, 0.3) is 0 Å². The first-order valence-corrected chi connectivity index (χ1v) is 9.24. The highest BCUT2D eigenvalue weighted by molar-refractivity contribution is 5.31. The molecule has 0 bridgehead atoms. The Morgan fingerprint density at radius 1 is 0.864 bits per heavy atom.